The van der Waals surface area contributed by atoms with Crippen LogP contribution in [0.15, 0.2) is 22.6 Å². The number of hydrogen-bond donors (Lipinski definition) is 2. The first-order chi connectivity index (χ1) is 16.0. The van der Waals surface area contributed by atoms with Crippen LogP contribution in [-0.2, 0) is 21.4 Å². The van der Waals surface area contributed by atoms with Gasteiger partial charge in [0.25, 0.3) is 0 Å². The lowest BCUT2D eigenvalue weighted by Gasteiger charge is -2.57. The highest BCUT2D eigenvalue weighted by molar-refractivity contribution is 7.13. The van der Waals surface area contributed by atoms with Gasteiger partial charge in [-0.15, -0.1) is 11.3 Å². The second-order valence-electron chi connectivity index (χ2n) is 9.81. The average molecular weight is 470 g/mol. The molecule has 4 aliphatic carbocycles. The molecule has 8 heteroatoms. The Morgan fingerprint density at radius 3 is 2.61 bits per heavy atom. The number of carbonyl (C=O) groups excluding carboxylic acids is 1. The predicted molar refractivity (Wildman–Crippen MR) is 128 cm³/mol. The van der Waals surface area contributed by atoms with Crippen LogP contribution in [0.5, 0.6) is 11.5 Å². The van der Waals surface area contributed by atoms with Crippen LogP contribution in [0.25, 0.3) is 0 Å². The van der Waals surface area contributed by atoms with Crippen molar-refractivity contribution >= 4 is 28.7 Å². The summed E-state index contributed by atoms with van der Waals surface area (Å²) in [5.74, 6) is 2.85. The number of aromatic nitrogens is 1. The Bertz CT molecular complexity index is 1030. The van der Waals surface area contributed by atoms with Gasteiger partial charge in [-0.25, -0.2) is 4.98 Å². The molecule has 0 spiro atoms. The number of ether oxygens (including phenoxy) is 2. The van der Waals surface area contributed by atoms with Crippen LogP contribution in [0.3, 0.4) is 0 Å². The van der Waals surface area contributed by atoms with Crippen molar-refractivity contribution in [1.82, 2.24) is 4.98 Å². The molecule has 1 aromatic carbocycles. The zero-order chi connectivity index (χ0) is 23.0. The van der Waals surface area contributed by atoms with Gasteiger partial charge in [-0.2, -0.15) is 5.10 Å². The van der Waals surface area contributed by atoms with Crippen molar-refractivity contribution in [1.29, 1.82) is 0 Å². The van der Waals surface area contributed by atoms with Crippen LogP contribution >= 0.6 is 11.3 Å². The minimum Gasteiger partial charge on any atom is -0.504 e. The number of phenolic OH excluding ortho intramolecular Hbond substituents is 1. The molecule has 6 rings (SSSR count). The van der Waals surface area contributed by atoms with Gasteiger partial charge in [0.15, 0.2) is 11.5 Å². The van der Waals surface area contributed by atoms with E-state index in [4.69, 9.17) is 9.47 Å². The first-order valence-corrected chi connectivity index (χ1v) is 12.7. The molecule has 0 saturated heterocycles. The topological polar surface area (TPSA) is 93.0 Å². The molecule has 4 bridgehead atoms. The zero-order valence-corrected chi connectivity index (χ0v) is 20.0. The maximum atomic E-state index is 11.6. The monoisotopic (exact) mass is 469 g/mol. The minimum absolute atomic E-state index is 0.0562. The van der Waals surface area contributed by atoms with Gasteiger partial charge >= 0.3 is 5.97 Å². The summed E-state index contributed by atoms with van der Waals surface area (Å²) in [6.45, 7) is 2.15. The highest BCUT2D eigenvalue weighted by Crippen LogP contribution is 2.62. The van der Waals surface area contributed by atoms with Crippen molar-refractivity contribution < 1.29 is 19.4 Å². The fourth-order valence-corrected chi connectivity index (χ4v) is 7.32. The molecular weight excluding hydrogens is 438 g/mol. The van der Waals surface area contributed by atoms with Crippen LogP contribution in [0, 0.1) is 17.8 Å². The van der Waals surface area contributed by atoms with Gasteiger partial charge in [0.2, 0.25) is 5.13 Å². The van der Waals surface area contributed by atoms with Crippen molar-refractivity contribution in [3.63, 3.8) is 0 Å². The van der Waals surface area contributed by atoms with Crippen LogP contribution in [-0.4, -0.2) is 36.0 Å². The van der Waals surface area contributed by atoms with Gasteiger partial charge in [0, 0.05) is 10.9 Å². The average Bonchev–Trinajstić information content (AvgIpc) is 3.20. The number of hydrogen-bond acceptors (Lipinski definition) is 8. The van der Waals surface area contributed by atoms with Crippen molar-refractivity contribution in [2.75, 3.05) is 19.1 Å². The van der Waals surface area contributed by atoms with E-state index in [-0.39, 0.29) is 23.6 Å². The molecule has 0 unspecified atom stereocenters. The van der Waals surface area contributed by atoms with Crippen LogP contribution < -0.4 is 10.2 Å². The van der Waals surface area contributed by atoms with E-state index >= 15 is 0 Å². The SMILES string of the molecule is CCOC(=O)Cc1csc(NN=Cc2cc(OC)c(O)c(C34CC5CC(CC(C5)C3)C4)c2)n1. The smallest absolute Gasteiger partial charge is 0.311 e. The summed E-state index contributed by atoms with van der Waals surface area (Å²) in [6, 6.07) is 3.91. The summed E-state index contributed by atoms with van der Waals surface area (Å²) in [6.07, 6.45) is 9.44. The number of esters is 1. The molecule has 1 heterocycles. The van der Waals surface area contributed by atoms with Gasteiger partial charge in [-0.3, -0.25) is 10.2 Å². The first kappa shape index (κ1) is 22.2. The maximum absolute atomic E-state index is 11.6. The largest absolute Gasteiger partial charge is 0.504 e. The normalized spacial score (nSPS) is 27.8. The van der Waals surface area contributed by atoms with Gasteiger partial charge in [0.1, 0.15) is 0 Å². The van der Waals surface area contributed by atoms with Gasteiger partial charge in [-0.1, -0.05) is 0 Å². The molecule has 1 aromatic heterocycles. The lowest BCUT2D eigenvalue weighted by Crippen LogP contribution is -2.48. The van der Waals surface area contributed by atoms with E-state index in [2.05, 4.69) is 21.6 Å². The molecule has 2 aromatic rings. The number of phenols is 1. The highest BCUT2D eigenvalue weighted by atomic mass is 32.1. The Kier molecular flexibility index (Phi) is 6.03. The second kappa shape index (κ2) is 8.97. The molecule has 4 fully saturated rings. The summed E-state index contributed by atoms with van der Waals surface area (Å²) in [4.78, 5) is 16.0. The van der Waals surface area contributed by atoms with Gasteiger partial charge < -0.3 is 14.6 Å². The number of rotatable bonds is 8. The quantitative estimate of drug-likeness (QED) is 0.325. The molecule has 0 radical (unpaired) electrons. The van der Waals surface area contributed by atoms with Gasteiger partial charge in [0.05, 0.1) is 32.0 Å². The third-order valence-electron chi connectivity index (χ3n) is 7.48. The first-order valence-electron chi connectivity index (χ1n) is 11.8. The summed E-state index contributed by atoms with van der Waals surface area (Å²) >= 11 is 1.39. The maximum Gasteiger partial charge on any atom is 0.311 e. The molecule has 33 heavy (non-hydrogen) atoms. The van der Waals surface area contributed by atoms with Crippen LogP contribution in [0.4, 0.5) is 5.13 Å². The minimum atomic E-state index is -0.286. The summed E-state index contributed by atoms with van der Waals surface area (Å²) < 4.78 is 10.5. The van der Waals surface area contributed by atoms with E-state index in [9.17, 15) is 9.90 Å². The van der Waals surface area contributed by atoms with E-state index < -0.39 is 0 Å². The fraction of sp³-hybridized carbons (Fsp3) is 0.560. The van der Waals surface area contributed by atoms with Crippen LogP contribution in [0.2, 0.25) is 0 Å². The molecule has 0 amide bonds. The molecule has 0 atom stereocenters. The van der Waals surface area contributed by atoms with Crippen molar-refractivity contribution in [2.24, 2.45) is 22.9 Å². The number of thiazole rings is 1. The number of aromatic hydroxyl groups is 1. The molecule has 4 aliphatic rings. The highest BCUT2D eigenvalue weighted by Gasteiger charge is 2.52. The van der Waals surface area contributed by atoms with E-state index in [0.717, 1.165) is 48.1 Å². The lowest BCUT2D eigenvalue weighted by molar-refractivity contribution is -0.142. The Morgan fingerprint density at radius 2 is 1.97 bits per heavy atom. The molecular formula is C25H31N3O4S. The molecule has 7 nitrogen and oxygen atoms in total. The number of anilines is 1. The summed E-state index contributed by atoms with van der Waals surface area (Å²) in [5, 5.41) is 17.8. The van der Waals surface area contributed by atoms with Crippen molar-refractivity contribution in [3.8, 4) is 11.5 Å². The number of nitrogens with zero attached hydrogens (tertiary/aromatic N) is 2. The summed E-state index contributed by atoms with van der Waals surface area (Å²) in [7, 11) is 1.60. The van der Waals surface area contributed by atoms with Crippen molar-refractivity contribution in [2.45, 2.75) is 57.3 Å². The van der Waals surface area contributed by atoms with Crippen molar-refractivity contribution in [3.05, 3.63) is 34.3 Å². The molecule has 4 saturated carbocycles. The number of methoxy groups -OCH3 is 1. The van der Waals surface area contributed by atoms with Crippen LogP contribution in [0.1, 0.15) is 62.3 Å². The Hall–Kier alpha value is -2.61. The predicted octanol–water partition coefficient (Wildman–Crippen LogP) is 4.88. The lowest BCUT2D eigenvalue weighted by atomic mass is 9.48. The Labute approximate surface area is 198 Å². The second-order valence-corrected chi connectivity index (χ2v) is 10.7. The number of hydrazone groups is 1. The fourth-order valence-electron chi connectivity index (χ4n) is 6.67. The third kappa shape index (κ3) is 4.45. The Balaban J connectivity index is 1.34. The Morgan fingerprint density at radius 1 is 1.27 bits per heavy atom. The van der Waals surface area contributed by atoms with E-state index in [1.165, 1.54) is 30.6 Å². The standard InChI is InChI=1S/C25H31N3O4S/c1-3-32-22(29)9-19-14-33-24(27-19)28-26-13-18-7-20(23(30)21(8-18)31-2)25-10-15-4-16(11-25)6-17(5-15)12-25/h7-8,13-17,30H,3-6,9-12H2,1-2H3,(H,27,28). The molecule has 176 valence electrons. The van der Waals surface area contributed by atoms with E-state index in [0.29, 0.717) is 23.2 Å². The number of benzene rings is 1. The van der Waals surface area contributed by atoms with Gasteiger partial charge in [-0.05, 0) is 86.3 Å². The van der Waals surface area contributed by atoms with E-state index in [1.54, 1.807) is 20.2 Å². The van der Waals surface area contributed by atoms with E-state index in [1.807, 2.05) is 11.4 Å². The molecule has 2 N–H and O–H groups in total. The zero-order valence-electron chi connectivity index (χ0n) is 19.2. The molecule has 0 aliphatic heterocycles. The third-order valence-corrected chi connectivity index (χ3v) is 8.28. The number of carbonyl (C=O) groups is 1. The summed E-state index contributed by atoms with van der Waals surface area (Å²) in [5.41, 5.74) is 5.56. The number of nitrogens with one attached hydrogen (secondary N) is 1.